The topological polar surface area (TPSA) is 57.2 Å². The third-order valence-electron chi connectivity index (χ3n) is 5.97. The van der Waals surface area contributed by atoms with E-state index in [9.17, 15) is 4.79 Å². The summed E-state index contributed by atoms with van der Waals surface area (Å²) < 4.78 is 5.30. The van der Waals surface area contributed by atoms with Gasteiger partial charge in [-0.15, -0.1) is 12.4 Å². The van der Waals surface area contributed by atoms with Crippen molar-refractivity contribution in [1.29, 1.82) is 0 Å². The number of rotatable bonds is 6. The molecule has 1 N–H and O–H groups in total. The Labute approximate surface area is 215 Å². The molecule has 0 bridgehead atoms. The van der Waals surface area contributed by atoms with Crippen molar-refractivity contribution in [3.8, 4) is 0 Å². The number of halogens is 4. The molecule has 0 unspecified atom stereocenters. The number of amides is 1. The Hall–Kier alpha value is -1.54. The van der Waals surface area contributed by atoms with E-state index in [4.69, 9.17) is 44.6 Å². The maximum atomic E-state index is 13.3. The summed E-state index contributed by atoms with van der Waals surface area (Å²) in [5, 5.41) is 10.1. The van der Waals surface area contributed by atoms with Crippen molar-refractivity contribution in [1.82, 2.24) is 10.4 Å². The van der Waals surface area contributed by atoms with Gasteiger partial charge in [0.1, 0.15) is 5.71 Å². The molecule has 0 aliphatic carbocycles. The molecule has 2 aliphatic heterocycles. The molecule has 1 fully saturated rings. The Morgan fingerprint density at radius 3 is 2.52 bits per heavy atom. The van der Waals surface area contributed by atoms with Crippen LogP contribution in [0.25, 0.3) is 0 Å². The van der Waals surface area contributed by atoms with Gasteiger partial charge in [-0.05, 0) is 48.7 Å². The van der Waals surface area contributed by atoms with Crippen LogP contribution in [0.1, 0.15) is 31.4 Å². The molecule has 2 aliphatic rings. The number of hydrazine groups is 1. The number of nitrogens with one attached hydrogen (secondary N) is 1. The normalized spacial score (nSPS) is 22.8. The summed E-state index contributed by atoms with van der Waals surface area (Å²) in [6, 6.07) is 12.8. The summed E-state index contributed by atoms with van der Waals surface area (Å²) in [6.45, 7) is 3.36. The number of methoxy groups -OCH3 is 1. The van der Waals surface area contributed by atoms with Crippen molar-refractivity contribution in [3.05, 3.63) is 63.1 Å². The summed E-state index contributed by atoms with van der Waals surface area (Å²) in [5.41, 5.74) is 5.16. The van der Waals surface area contributed by atoms with Crippen molar-refractivity contribution >= 4 is 64.5 Å². The zero-order valence-corrected chi connectivity index (χ0v) is 21.4. The number of ether oxygens (including phenoxy) is 1. The van der Waals surface area contributed by atoms with E-state index in [1.54, 1.807) is 24.3 Å². The molecule has 4 rings (SSSR count). The lowest BCUT2D eigenvalue weighted by Crippen LogP contribution is -2.49. The minimum atomic E-state index is -0.222. The molecule has 2 aromatic carbocycles. The quantitative estimate of drug-likeness (QED) is 0.514. The highest BCUT2D eigenvalue weighted by molar-refractivity contribution is 6.41. The first kappa shape index (κ1) is 26.1. The molecular formula is C23H26Cl4N4O2. The van der Waals surface area contributed by atoms with E-state index in [0.717, 1.165) is 24.9 Å². The lowest BCUT2D eigenvalue weighted by molar-refractivity contribution is -0.120. The summed E-state index contributed by atoms with van der Waals surface area (Å²) in [4.78, 5) is 13.3. The lowest BCUT2D eigenvalue weighted by Gasteiger charge is -2.28. The van der Waals surface area contributed by atoms with Crippen LogP contribution in [0.4, 0.5) is 5.69 Å². The van der Waals surface area contributed by atoms with Crippen LogP contribution in [0, 0.1) is 5.92 Å². The van der Waals surface area contributed by atoms with E-state index in [1.165, 1.54) is 0 Å². The fourth-order valence-corrected chi connectivity index (χ4v) is 5.00. The third-order valence-corrected chi connectivity index (χ3v) is 6.76. The molecule has 3 atom stereocenters. The third kappa shape index (κ3) is 5.59. The van der Waals surface area contributed by atoms with Gasteiger partial charge >= 0.3 is 0 Å². The van der Waals surface area contributed by atoms with E-state index in [-0.39, 0.29) is 36.3 Å². The van der Waals surface area contributed by atoms with Crippen LogP contribution in [0.2, 0.25) is 15.1 Å². The van der Waals surface area contributed by atoms with Crippen LogP contribution in [0.15, 0.2) is 47.6 Å². The highest BCUT2D eigenvalue weighted by Gasteiger charge is 2.41. The number of nitrogens with zero attached hydrogens (tertiary/aromatic N) is 3. The van der Waals surface area contributed by atoms with Crippen LogP contribution in [-0.2, 0) is 9.53 Å². The van der Waals surface area contributed by atoms with Gasteiger partial charge in [0, 0.05) is 29.6 Å². The standard InChI is InChI=1S/C23H25Cl3N4O2.ClH/c1-14-21(23(31)28-29-11-3-4-18(29)13-32-2)27-30(20-10-9-17(25)12-19(20)26)22(14)15-5-7-16(24)8-6-15;/h5-10,12,14,18,22H,3-4,11,13H2,1-2H3,(H,28,31);1H/t14-,18+,22+;/m1./s1. The molecule has 0 radical (unpaired) electrons. The Morgan fingerprint density at radius 1 is 1.15 bits per heavy atom. The number of carbonyl (C=O) groups is 1. The molecule has 0 spiro atoms. The van der Waals surface area contributed by atoms with Crippen LogP contribution < -0.4 is 10.4 Å². The van der Waals surface area contributed by atoms with Crippen LogP contribution in [-0.4, -0.2) is 42.9 Å². The zero-order valence-electron chi connectivity index (χ0n) is 18.3. The fourth-order valence-electron chi connectivity index (χ4n) is 4.38. The fraction of sp³-hybridized carbons (Fsp3) is 0.391. The molecule has 0 aromatic heterocycles. The number of carbonyl (C=O) groups excluding carboxylic acids is 1. The van der Waals surface area contributed by atoms with Crippen LogP contribution >= 0.6 is 47.2 Å². The van der Waals surface area contributed by atoms with Gasteiger partial charge in [0.25, 0.3) is 5.91 Å². The molecule has 33 heavy (non-hydrogen) atoms. The first-order chi connectivity index (χ1) is 15.4. The summed E-state index contributed by atoms with van der Waals surface area (Å²) in [6.07, 6.45) is 1.99. The van der Waals surface area contributed by atoms with Gasteiger partial charge < -0.3 is 4.74 Å². The Balaban J connectivity index is 0.00000306. The van der Waals surface area contributed by atoms with E-state index in [1.807, 2.05) is 42.3 Å². The van der Waals surface area contributed by atoms with Crippen molar-refractivity contribution < 1.29 is 9.53 Å². The first-order valence-corrected chi connectivity index (χ1v) is 11.7. The minimum Gasteiger partial charge on any atom is -0.383 e. The van der Waals surface area contributed by atoms with E-state index >= 15 is 0 Å². The van der Waals surface area contributed by atoms with Crippen LogP contribution in [0.3, 0.4) is 0 Å². The smallest absolute Gasteiger partial charge is 0.282 e. The Morgan fingerprint density at radius 2 is 1.85 bits per heavy atom. The van der Waals surface area contributed by atoms with Gasteiger partial charge in [-0.2, -0.15) is 5.10 Å². The maximum absolute atomic E-state index is 13.3. The molecule has 6 nitrogen and oxygen atoms in total. The first-order valence-electron chi connectivity index (χ1n) is 10.5. The van der Waals surface area contributed by atoms with Gasteiger partial charge in [-0.1, -0.05) is 53.9 Å². The number of anilines is 1. The molecular weight excluding hydrogens is 506 g/mol. The van der Waals surface area contributed by atoms with Gasteiger partial charge in [0.05, 0.1) is 29.4 Å². The van der Waals surface area contributed by atoms with Gasteiger partial charge in [0.15, 0.2) is 0 Å². The molecule has 2 heterocycles. The highest BCUT2D eigenvalue weighted by Crippen LogP contribution is 2.42. The predicted octanol–water partition coefficient (Wildman–Crippen LogP) is 5.76. The molecule has 2 aromatic rings. The molecule has 10 heteroatoms. The molecule has 1 saturated heterocycles. The predicted molar refractivity (Wildman–Crippen MR) is 137 cm³/mol. The molecule has 0 saturated carbocycles. The van der Waals surface area contributed by atoms with Crippen LogP contribution in [0.5, 0.6) is 0 Å². The van der Waals surface area contributed by atoms with Crippen molar-refractivity contribution in [2.24, 2.45) is 11.0 Å². The number of hydrazone groups is 1. The second kappa shape index (κ2) is 11.3. The second-order valence-electron chi connectivity index (χ2n) is 8.10. The van der Waals surface area contributed by atoms with Crippen molar-refractivity contribution in [2.45, 2.75) is 31.8 Å². The van der Waals surface area contributed by atoms with E-state index < -0.39 is 0 Å². The average Bonchev–Trinajstić information content (AvgIpc) is 3.33. The summed E-state index contributed by atoms with van der Waals surface area (Å²) in [5.74, 6) is -0.404. The molecule has 1 amide bonds. The number of benzene rings is 2. The Kier molecular flexibility index (Phi) is 8.89. The van der Waals surface area contributed by atoms with E-state index in [0.29, 0.717) is 33.1 Å². The molecule has 178 valence electrons. The maximum Gasteiger partial charge on any atom is 0.282 e. The minimum absolute atomic E-state index is 0. The zero-order chi connectivity index (χ0) is 22.8. The Bertz CT molecular complexity index is 1020. The average molecular weight is 532 g/mol. The highest BCUT2D eigenvalue weighted by atomic mass is 35.5. The largest absolute Gasteiger partial charge is 0.383 e. The summed E-state index contributed by atoms with van der Waals surface area (Å²) >= 11 is 18.7. The van der Waals surface area contributed by atoms with E-state index in [2.05, 4.69) is 5.43 Å². The number of hydrogen-bond donors (Lipinski definition) is 1. The van der Waals surface area contributed by atoms with Crippen molar-refractivity contribution in [3.63, 3.8) is 0 Å². The summed E-state index contributed by atoms with van der Waals surface area (Å²) in [7, 11) is 1.67. The van der Waals surface area contributed by atoms with Crippen molar-refractivity contribution in [2.75, 3.05) is 25.3 Å². The second-order valence-corrected chi connectivity index (χ2v) is 9.38. The number of hydrogen-bond acceptors (Lipinski definition) is 5. The SMILES string of the molecule is COC[C@@H]1CCCN1NC(=O)C1=NN(c2ccc(Cl)cc2Cl)[C@H](c2ccc(Cl)cc2)[C@@H]1C.Cl. The van der Waals surface area contributed by atoms with Gasteiger partial charge in [-0.3, -0.25) is 15.2 Å². The lowest BCUT2D eigenvalue weighted by atomic mass is 9.91. The van der Waals surface area contributed by atoms with Gasteiger partial charge in [0.2, 0.25) is 0 Å². The monoisotopic (exact) mass is 530 g/mol. The van der Waals surface area contributed by atoms with Gasteiger partial charge in [-0.25, -0.2) is 5.01 Å².